The van der Waals surface area contributed by atoms with Crippen molar-refractivity contribution in [2.24, 2.45) is 0 Å². The molecule has 13 heavy (non-hydrogen) atoms. The lowest BCUT2D eigenvalue weighted by molar-refractivity contribution is 0.329. The van der Waals surface area contributed by atoms with Crippen molar-refractivity contribution in [3.63, 3.8) is 0 Å². The highest BCUT2D eigenvalue weighted by Gasteiger charge is 2.22. The molecule has 0 fully saturated rings. The second kappa shape index (κ2) is 3.46. The van der Waals surface area contributed by atoms with Gasteiger partial charge < -0.3 is 9.32 Å². The molecule has 2 nitrogen and oxygen atoms in total. The van der Waals surface area contributed by atoms with Crippen molar-refractivity contribution in [1.29, 1.82) is 0 Å². The number of rotatable bonds is 0. The van der Waals surface area contributed by atoms with E-state index < -0.39 is 0 Å². The standard InChI is InChI=1S/C10H14BrNO/c1-7-5-12(2)4-3-8-6-13-10(11)9(7)8/h6-7H,3-5H2,1-2H3. The van der Waals surface area contributed by atoms with Gasteiger partial charge in [0.1, 0.15) is 0 Å². The minimum Gasteiger partial charge on any atom is -0.457 e. The average molecular weight is 244 g/mol. The van der Waals surface area contributed by atoms with Crippen LogP contribution in [0.4, 0.5) is 0 Å². The van der Waals surface area contributed by atoms with Gasteiger partial charge in [-0.2, -0.15) is 0 Å². The number of furan rings is 1. The summed E-state index contributed by atoms with van der Waals surface area (Å²) in [5.41, 5.74) is 2.73. The van der Waals surface area contributed by atoms with Gasteiger partial charge in [-0.05, 0) is 40.9 Å². The molecule has 1 aromatic heterocycles. The summed E-state index contributed by atoms with van der Waals surface area (Å²) in [7, 11) is 2.17. The Morgan fingerprint density at radius 1 is 1.62 bits per heavy atom. The molecule has 1 aliphatic rings. The SMILES string of the molecule is CC1CN(C)CCc2coc(Br)c21. The number of nitrogens with zero attached hydrogens (tertiary/aromatic N) is 1. The molecule has 2 heterocycles. The molecule has 0 aliphatic carbocycles. The Morgan fingerprint density at radius 2 is 2.38 bits per heavy atom. The first kappa shape index (κ1) is 9.28. The van der Waals surface area contributed by atoms with Gasteiger partial charge in [0, 0.05) is 18.7 Å². The van der Waals surface area contributed by atoms with Crippen molar-refractivity contribution >= 4 is 15.9 Å². The summed E-state index contributed by atoms with van der Waals surface area (Å²) in [5.74, 6) is 0.565. The van der Waals surface area contributed by atoms with Crippen LogP contribution < -0.4 is 0 Å². The molecule has 1 aromatic rings. The molecule has 0 saturated carbocycles. The van der Waals surface area contributed by atoms with Crippen LogP contribution in [0.1, 0.15) is 24.0 Å². The maximum absolute atomic E-state index is 5.38. The van der Waals surface area contributed by atoms with Crippen molar-refractivity contribution in [3.05, 3.63) is 22.1 Å². The predicted molar refractivity (Wildman–Crippen MR) is 56.0 cm³/mol. The number of halogens is 1. The van der Waals surface area contributed by atoms with E-state index >= 15 is 0 Å². The summed E-state index contributed by atoms with van der Waals surface area (Å²) in [6.45, 7) is 4.50. The second-order valence-electron chi connectivity index (χ2n) is 3.86. The third-order valence-electron chi connectivity index (χ3n) is 2.70. The second-order valence-corrected chi connectivity index (χ2v) is 4.58. The predicted octanol–water partition coefficient (Wildman–Crippen LogP) is 2.63. The Labute approximate surface area is 87.0 Å². The Hall–Kier alpha value is -0.280. The Morgan fingerprint density at radius 3 is 3.15 bits per heavy atom. The van der Waals surface area contributed by atoms with Crippen LogP contribution in [-0.4, -0.2) is 25.0 Å². The smallest absolute Gasteiger partial charge is 0.172 e. The maximum Gasteiger partial charge on any atom is 0.172 e. The number of hydrogen-bond acceptors (Lipinski definition) is 2. The van der Waals surface area contributed by atoms with E-state index in [9.17, 15) is 0 Å². The van der Waals surface area contributed by atoms with Crippen LogP contribution in [0.3, 0.4) is 0 Å². The largest absolute Gasteiger partial charge is 0.457 e. The van der Waals surface area contributed by atoms with Crippen LogP contribution in [0.15, 0.2) is 15.3 Å². The highest BCUT2D eigenvalue weighted by molar-refractivity contribution is 9.10. The van der Waals surface area contributed by atoms with Gasteiger partial charge >= 0.3 is 0 Å². The van der Waals surface area contributed by atoms with E-state index in [2.05, 4.69) is 34.8 Å². The third kappa shape index (κ3) is 1.67. The molecule has 0 radical (unpaired) electrons. The van der Waals surface area contributed by atoms with E-state index in [1.54, 1.807) is 0 Å². The molecule has 2 rings (SSSR count). The van der Waals surface area contributed by atoms with E-state index in [4.69, 9.17) is 4.42 Å². The summed E-state index contributed by atoms with van der Waals surface area (Å²) in [4.78, 5) is 2.37. The van der Waals surface area contributed by atoms with Crippen molar-refractivity contribution in [1.82, 2.24) is 4.90 Å². The van der Waals surface area contributed by atoms with Crippen LogP contribution in [0.25, 0.3) is 0 Å². The molecule has 0 aromatic carbocycles. The highest BCUT2D eigenvalue weighted by Crippen LogP contribution is 2.32. The summed E-state index contributed by atoms with van der Waals surface area (Å²) < 4.78 is 6.30. The zero-order chi connectivity index (χ0) is 9.42. The lowest BCUT2D eigenvalue weighted by atomic mass is 10.0. The molecule has 0 amide bonds. The Balaban J connectivity index is 2.37. The van der Waals surface area contributed by atoms with Gasteiger partial charge in [0.15, 0.2) is 4.67 Å². The number of likely N-dealkylation sites (N-methyl/N-ethyl adjacent to an activating group) is 1. The van der Waals surface area contributed by atoms with Gasteiger partial charge in [-0.25, -0.2) is 0 Å². The van der Waals surface area contributed by atoms with Crippen molar-refractivity contribution < 1.29 is 4.42 Å². The monoisotopic (exact) mass is 243 g/mol. The quantitative estimate of drug-likeness (QED) is 0.697. The average Bonchev–Trinajstić information content (AvgIpc) is 2.36. The van der Waals surface area contributed by atoms with Gasteiger partial charge in [-0.15, -0.1) is 0 Å². The zero-order valence-corrected chi connectivity index (χ0v) is 9.60. The van der Waals surface area contributed by atoms with E-state index in [0.717, 1.165) is 24.2 Å². The lowest BCUT2D eigenvalue weighted by Crippen LogP contribution is -2.22. The Bertz CT molecular complexity index is 308. The lowest BCUT2D eigenvalue weighted by Gasteiger charge is -2.16. The molecule has 1 atom stereocenters. The van der Waals surface area contributed by atoms with Crippen LogP contribution in [0.5, 0.6) is 0 Å². The van der Waals surface area contributed by atoms with Gasteiger partial charge in [-0.1, -0.05) is 6.92 Å². The maximum atomic E-state index is 5.38. The molecular weight excluding hydrogens is 230 g/mol. The molecule has 0 spiro atoms. The fraction of sp³-hybridized carbons (Fsp3) is 0.600. The fourth-order valence-electron chi connectivity index (χ4n) is 2.04. The van der Waals surface area contributed by atoms with Crippen LogP contribution in [0.2, 0.25) is 0 Å². The van der Waals surface area contributed by atoms with Crippen LogP contribution >= 0.6 is 15.9 Å². The molecular formula is C10H14BrNO. The molecule has 0 bridgehead atoms. The number of fused-ring (bicyclic) bond motifs is 1. The Kier molecular flexibility index (Phi) is 2.47. The van der Waals surface area contributed by atoms with Crippen molar-refractivity contribution in [2.75, 3.05) is 20.1 Å². The molecule has 1 unspecified atom stereocenters. The first-order valence-corrected chi connectivity index (χ1v) is 5.42. The van der Waals surface area contributed by atoms with Gasteiger partial charge in [0.2, 0.25) is 0 Å². The molecule has 72 valence electrons. The molecule has 0 N–H and O–H groups in total. The van der Waals surface area contributed by atoms with Gasteiger partial charge in [0.05, 0.1) is 6.26 Å². The van der Waals surface area contributed by atoms with Crippen LogP contribution in [0, 0.1) is 0 Å². The van der Waals surface area contributed by atoms with Gasteiger partial charge in [-0.3, -0.25) is 0 Å². The summed E-state index contributed by atoms with van der Waals surface area (Å²) in [6, 6.07) is 0. The van der Waals surface area contributed by atoms with Gasteiger partial charge in [0.25, 0.3) is 0 Å². The van der Waals surface area contributed by atoms with Crippen molar-refractivity contribution in [3.8, 4) is 0 Å². The highest BCUT2D eigenvalue weighted by atomic mass is 79.9. The molecule has 1 aliphatic heterocycles. The van der Waals surface area contributed by atoms with Crippen molar-refractivity contribution in [2.45, 2.75) is 19.3 Å². The summed E-state index contributed by atoms with van der Waals surface area (Å²) in [6.07, 6.45) is 2.99. The first-order chi connectivity index (χ1) is 6.18. The minimum absolute atomic E-state index is 0.565. The fourth-order valence-corrected chi connectivity index (χ4v) is 2.78. The number of hydrogen-bond donors (Lipinski definition) is 0. The first-order valence-electron chi connectivity index (χ1n) is 4.62. The molecule has 0 saturated heterocycles. The van der Waals surface area contributed by atoms with E-state index in [-0.39, 0.29) is 0 Å². The minimum atomic E-state index is 0.565. The summed E-state index contributed by atoms with van der Waals surface area (Å²) in [5, 5.41) is 0. The normalized spacial score (nSPS) is 24.1. The van der Waals surface area contributed by atoms with E-state index in [0.29, 0.717) is 5.92 Å². The van der Waals surface area contributed by atoms with E-state index in [1.165, 1.54) is 11.1 Å². The third-order valence-corrected chi connectivity index (χ3v) is 3.32. The summed E-state index contributed by atoms with van der Waals surface area (Å²) >= 11 is 3.46. The van der Waals surface area contributed by atoms with E-state index in [1.807, 2.05) is 6.26 Å². The zero-order valence-electron chi connectivity index (χ0n) is 8.01. The molecule has 3 heteroatoms. The van der Waals surface area contributed by atoms with Crippen LogP contribution in [-0.2, 0) is 6.42 Å². The topological polar surface area (TPSA) is 16.4 Å².